The van der Waals surface area contributed by atoms with Crippen molar-refractivity contribution in [2.24, 2.45) is 0 Å². The normalized spacial score (nSPS) is 10.0. The topological polar surface area (TPSA) is 0 Å². The van der Waals surface area contributed by atoms with Crippen molar-refractivity contribution in [1.29, 1.82) is 0 Å². The van der Waals surface area contributed by atoms with E-state index in [0.29, 0.717) is 0 Å². The molecular weight excluding hydrogens is 108 g/mol. The number of rotatable bonds is 6. The van der Waals surface area contributed by atoms with Crippen LogP contribution in [0.25, 0.3) is 0 Å². The summed E-state index contributed by atoms with van der Waals surface area (Å²) in [7, 11) is 0. The number of unbranched alkanes of at least 4 members (excludes halogenated alkanes) is 6. The Bertz CT molecular complexity index is 33.3. The number of hydrogen-bond donors (Lipinski definition) is 0. The third-order valence-corrected chi connectivity index (χ3v) is 1.42. The number of hydrogen-bond acceptors (Lipinski definition) is 0. The Labute approximate surface area is 59.7 Å². The lowest BCUT2D eigenvalue weighted by Gasteiger charge is -1.95. The molecule has 0 aromatic heterocycles. The van der Waals surface area contributed by atoms with E-state index in [9.17, 15) is 0 Å². The second-order valence-electron chi connectivity index (χ2n) is 2.43. The van der Waals surface area contributed by atoms with Gasteiger partial charge < -0.3 is 0 Å². The summed E-state index contributed by atoms with van der Waals surface area (Å²) in [5.41, 5.74) is 0. The van der Waals surface area contributed by atoms with E-state index < -0.39 is 0 Å². The van der Waals surface area contributed by atoms with Crippen molar-refractivity contribution in [2.75, 3.05) is 0 Å². The monoisotopic (exact) mass is 126 g/mol. The molecule has 0 spiro atoms. The van der Waals surface area contributed by atoms with Crippen LogP contribution in [0.3, 0.4) is 0 Å². The van der Waals surface area contributed by atoms with Gasteiger partial charge in [0, 0.05) is 0 Å². The summed E-state index contributed by atoms with van der Waals surface area (Å²) in [6.07, 6.45) is 9.99. The summed E-state index contributed by atoms with van der Waals surface area (Å²) in [6.45, 7) is 6.01. The van der Waals surface area contributed by atoms with E-state index in [1.54, 1.807) is 0 Å². The summed E-state index contributed by atoms with van der Waals surface area (Å²) >= 11 is 0. The molecule has 0 heterocycles. The lowest BCUT2D eigenvalue weighted by atomic mass is 10.1. The molecule has 2 radical (unpaired) electrons. The molecule has 0 saturated heterocycles. The van der Waals surface area contributed by atoms with Crippen LogP contribution < -0.4 is 0 Å². The van der Waals surface area contributed by atoms with Crippen LogP contribution in [0.2, 0.25) is 0 Å². The smallest absolute Gasteiger partial charge is 0.0386 e. The molecule has 0 atom stereocenters. The van der Waals surface area contributed by atoms with E-state index >= 15 is 0 Å². The van der Waals surface area contributed by atoms with Crippen LogP contribution in [-0.4, -0.2) is 0 Å². The second kappa shape index (κ2) is 8.00. The van der Waals surface area contributed by atoms with Crippen molar-refractivity contribution in [1.82, 2.24) is 0 Å². The van der Waals surface area contributed by atoms with Crippen LogP contribution in [-0.2, 0) is 0 Å². The highest BCUT2D eigenvalue weighted by atomic mass is 13.9. The standard InChI is InChI=1S/C9H18/c1-3-5-7-9-8-6-4-2/h7H,1,3-6,8-9H2,2H3. The van der Waals surface area contributed by atoms with Crippen molar-refractivity contribution in [2.45, 2.75) is 45.4 Å². The summed E-state index contributed by atoms with van der Waals surface area (Å²) in [5, 5.41) is 0. The Morgan fingerprint density at radius 1 is 1.22 bits per heavy atom. The zero-order valence-electron chi connectivity index (χ0n) is 6.53. The van der Waals surface area contributed by atoms with Gasteiger partial charge in [-0.3, -0.25) is 0 Å². The zero-order chi connectivity index (χ0) is 6.95. The molecule has 0 bridgehead atoms. The molecular formula is C9H18. The molecule has 0 heteroatoms. The lowest BCUT2D eigenvalue weighted by Crippen LogP contribution is -1.77. The van der Waals surface area contributed by atoms with Gasteiger partial charge in [-0.15, -0.1) is 0 Å². The third-order valence-electron chi connectivity index (χ3n) is 1.42. The molecule has 0 aliphatic heterocycles. The van der Waals surface area contributed by atoms with Crippen molar-refractivity contribution >= 4 is 0 Å². The van der Waals surface area contributed by atoms with Crippen molar-refractivity contribution < 1.29 is 0 Å². The Hall–Kier alpha value is 0. The molecule has 0 aliphatic carbocycles. The van der Waals surface area contributed by atoms with Gasteiger partial charge in [0.1, 0.15) is 0 Å². The first-order chi connectivity index (χ1) is 4.41. The fourth-order valence-electron chi connectivity index (χ4n) is 0.827. The van der Waals surface area contributed by atoms with Crippen LogP contribution >= 0.6 is 0 Å². The summed E-state index contributed by atoms with van der Waals surface area (Å²) in [5.74, 6) is 0. The largest absolute Gasteiger partial charge is 0.0654 e. The summed E-state index contributed by atoms with van der Waals surface area (Å²) < 4.78 is 0. The maximum atomic E-state index is 3.77. The van der Waals surface area contributed by atoms with E-state index in [1.807, 2.05) is 0 Å². The Morgan fingerprint density at radius 2 is 2.00 bits per heavy atom. The molecule has 0 saturated carbocycles. The minimum absolute atomic E-state index is 1.06. The molecule has 54 valence electrons. The van der Waals surface area contributed by atoms with Gasteiger partial charge in [0.15, 0.2) is 0 Å². The van der Waals surface area contributed by atoms with E-state index in [2.05, 4.69) is 20.3 Å². The SMILES string of the molecule is [CH2]CC[CH]CCCCC. The maximum Gasteiger partial charge on any atom is -0.0386 e. The van der Waals surface area contributed by atoms with Crippen molar-refractivity contribution in [3.05, 3.63) is 13.3 Å². The van der Waals surface area contributed by atoms with Gasteiger partial charge in [-0.1, -0.05) is 52.4 Å². The third kappa shape index (κ3) is 8.00. The molecule has 0 aliphatic rings. The van der Waals surface area contributed by atoms with Gasteiger partial charge in [0.2, 0.25) is 0 Å². The zero-order valence-corrected chi connectivity index (χ0v) is 6.53. The van der Waals surface area contributed by atoms with E-state index in [-0.39, 0.29) is 0 Å². The molecule has 0 rings (SSSR count). The fourth-order valence-corrected chi connectivity index (χ4v) is 0.827. The molecule has 0 amide bonds. The van der Waals surface area contributed by atoms with Crippen LogP contribution in [0.5, 0.6) is 0 Å². The predicted molar refractivity (Wildman–Crippen MR) is 43.0 cm³/mol. The first kappa shape index (κ1) is 9.00. The Morgan fingerprint density at radius 3 is 2.56 bits per heavy atom. The van der Waals surface area contributed by atoms with Gasteiger partial charge in [-0.2, -0.15) is 0 Å². The molecule has 0 nitrogen and oxygen atoms in total. The van der Waals surface area contributed by atoms with Crippen LogP contribution in [0, 0.1) is 13.3 Å². The minimum atomic E-state index is 1.06. The van der Waals surface area contributed by atoms with E-state index in [1.165, 1.54) is 32.1 Å². The van der Waals surface area contributed by atoms with E-state index in [4.69, 9.17) is 0 Å². The van der Waals surface area contributed by atoms with Crippen molar-refractivity contribution in [3.8, 4) is 0 Å². The summed E-state index contributed by atoms with van der Waals surface area (Å²) in [6, 6.07) is 0. The highest BCUT2D eigenvalue weighted by Crippen LogP contribution is 2.04. The molecule has 0 unspecified atom stereocenters. The van der Waals surface area contributed by atoms with E-state index in [0.717, 1.165) is 6.42 Å². The van der Waals surface area contributed by atoms with Gasteiger partial charge in [-0.05, 0) is 6.42 Å². The molecule has 0 aromatic rings. The average molecular weight is 126 g/mol. The van der Waals surface area contributed by atoms with Crippen LogP contribution in [0.1, 0.15) is 45.4 Å². The highest BCUT2D eigenvalue weighted by molar-refractivity contribution is 4.64. The molecule has 0 fully saturated rings. The van der Waals surface area contributed by atoms with Gasteiger partial charge >= 0.3 is 0 Å². The van der Waals surface area contributed by atoms with Crippen LogP contribution in [0.15, 0.2) is 0 Å². The lowest BCUT2D eigenvalue weighted by molar-refractivity contribution is 0.692. The fraction of sp³-hybridized carbons (Fsp3) is 0.778. The first-order valence-electron chi connectivity index (χ1n) is 4.02. The predicted octanol–water partition coefficient (Wildman–Crippen LogP) is 3.39. The summed E-state index contributed by atoms with van der Waals surface area (Å²) in [4.78, 5) is 0. The quantitative estimate of drug-likeness (QED) is 0.478. The Balaban J connectivity index is 2.60. The molecule has 9 heavy (non-hydrogen) atoms. The first-order valence-corrected chi connectivity index (χ1v) is 4.02. The highest BCUT2D eigenvalue weighted by Gasteiger charge is 1.86. The Kier molecular flexibility index (Phi) is 8.00. The minimum Gasteiger partial charge on any atom is -0.0654 e. The van der Waals surface area contributed by atoms with Gasteiger partial charge in [0.05, 0.1) is 0 Å². The second-order valence-corrected chi connectivity index (χ2v) is 2.43. The average Bonchev–Trinajstić information content (AvgIpc) is 1.89. The van der Waals surface area contributed by atoms with Crippen LogP contribution in [0.4, 0.5) is 0 Å². The maximum absolute atomic E-state index is 3.77. The van der Waals surface area contributed by atoms with Crippen molar-refractivity contribution in [3.63, 3.8) is 0 Å². The molecule has 0 N–H and O–H groups in total. The van der Waals surface area contributed by atoms with Gasteiger partial charge in [-0.25, -0.2) is 0 Å². The molecule has 0 aromatic carbocycles. The van der Waals surface area contributed by atoms with Gasteiger partial charge in [0.25, 0.3) is 0 Å².